The van der Waals surface area contributed by atoms with Gasteiger partial charge in [0, 0.05) is 42.5 Å². The molecule has 142 valence electrons. The third-order valence-corrected chi connectivity index (χ3v) is 5.97. The highest BCUT2D eigenvalue weighted by Gasteiger charge is 2.26. The van der Waals surface area contributed by atoms with E-state index >= 15 is 0 Å². The number of likely N-dealkylation sites (N-methyl/N-ethyl adjacent to an activating group) is 1. The van der Waals surface area contributed by atoms with Crippen LogP contribution in [0.15, 0.2) is 46.3 Å². The van der Waals surface area contributed by atoms with Crippen LogP contribution in [0.1, 0.15) is 0 Å². The highest BCUT2D eigenvalue weighted by Crippen LogP contribution is 2.27. The molecule has 11 heteroatoms. The summed E-state index contributed by atoms with van der Waals surface area (Å²) in [6, 6.07) is 5.67. The molecule has 0 bridgehead atoms. The molecule has 0 spiro atoms. The molecule has 3 aromatic rings. The SMILES string of the molecule is CN(CC(=O)Nc1ccn(C)c(=O)c1)S(=O)(=O)c1cc(Cl)cc2cn[nH]c12. The van der Waals surface area contributed by atoms with E-state index < -0.39 is 22.5 Å². The molecule has 0 aliphatic carbocycles. The first-order chi connectivity index (χ1) is 12.7. The van der Waals surface area contributed by atoms with Gasteiger partial charge < -0.3 is 9.88 Å². The lowest BCUT2D eigenvalue weighted by atomic mass is 10.3. The van der Waals surface area contributed by atoms with Gasteiger partial charge in [-0.25, -0.2) is 8.42 Å². The summed E-state index contributed by atoms with van der Waals surface area (Å²) in [6.07, 6.45) is 2.96. The van der Waals surface area contributed by atoms with Crippen LogP contribution >= 0.6 is 11.6 Å². The van der Waals surface area contributed by atoms with Crippen LogP contribution < -0.4 is 10.9 Å². The first-order valence-corrected chi connectivity index (χ1v) is 9.56. The van der Waals surface area contributed by atoms with E-state index in [4.69, 9.17) is 11.6 Å². The van der Waals surface area contributed by atoms with Crippen LogP contribution in [0.5, 0.6) is 0 Å². The van der Waals surface area contributed by atoms with Crippen LogP contribution in [-0.2, 0) is 21.9 Å². The van der Waals surface area contributed by atoms with Crippen LogP contribution in [0.2, 0.25) is 5.02 Å². The predicted octanol–water partition coefficient (Wildman–Crippen LogP) is 1.17. The maximum atomic E-state index is 12.9. The molecule has 1 amide bonds. The summed E-state index contributed by atoms with van der Waals surface area (Å²) in [4.78, 5) is 23.7. The Hall–Kier alpha value is -2.69. The van der Waals surface area contributed by atoms with Crippen molar-refractivity contribution in [2.75, 3.05) is 18.9 Å². The molecular weight excluding hydrogens is 394 g/mol. The van der Waals surface area contributed by atoms with Crippen molar-refractivity contribution in [3.63, 3.8) is 0 Å². The number of nitrogens with one attached hydrogen (secondary N) is 2. The first-order valence-electron chi connectivity index (χ1n) is 7.74. The summed E-state index contributed by atoms with van der Waals surface area (Å²) in [7, 11) is -1.15. The van der Waals surface area contributed by atoms with Crippen LogP contribution in [0.3, 0.4) is 0 Å². The molecule has 2 N–H and O–H groups in total. The smallest absolute Gasteiger partial charge is 0.252 e. The van der Waals surface area contributed by atoms with Gasteiger partial charge in [0.25, 0.3) is 5.56 Å². The molecule has 0 radical (unpaired) electrons. The standard InChI is InChI=1S/C16H16ClN5O4S/c1-21-4-3-12(7-15(21)24)19-14(23)9-22(2)27(25,26)13-6-11(17)5-10-8-18-20-16(10)13/h3-8H,9H2,1-2H3,(H,18,20)(H,19,23). The second-order valence-corrected chi connectivity index (χ2v) is 8.36. The van der Waals surface area contributed by atoms with Gasteiger partial charge in [-0.05, 0) is 18.2 Å². The van der Waals surface area contributed by atoms with E-state index in [1.807, 2.05) is 0 Å². The molecule has 2 heterocycles. The zero-order valence-electron chi connectivity index (χ0n) is 14.4. The molecule has 1 aromatic carbocycles. The maximum absolute atomic E-state index is 12.9. The number of carbonyl (C=O) groups excluding carboxylic acids is 1. The molecule has 3 rings (SSSR count). The number of aryl methyl sites for hydroxylation is 1. The zero-order valence-corrected chi connectivity index (χ0v) is 16.0. The van der Waals surface area contributed by atoms with E-state index in [1.165, 1.54) is 36.1 Å². The molecule has 0 aliphatic rings. The van der Waals surface area contributed by atoms with Crippen molar-refractivity contribution in [2.45, 2.75) is 4.90 Å². The molecule has 0 saturated carbocycles. The minimum absolute atomic E-state index is 0.0774. The molecule has 0 aliphatic heterocycles. The highest BCUT2D eigenvalue weighted by atomic mass is 35.5. The van der Waals surface area contributed by atoms with Crippen molar-refractivity contribution < 1.29 is 13.2 Å². The Bertz CT molecular complexity index is 1180. The maximum Gasteiger partial charge on any atom is 0.252 e. The zero-order chi connectivity index (χ0) is 19.8. The number of rotatable bonds is 5. The lowest BCUT2D eigenvalue weighted by molar-refractivity contribution is -0.116. The number of anilines is 1. The van der Waals surface area contributed by atoms with E-state index in [0.29, 0.717) is 10.9 Å². The Morgan fingerprint density at radius 1 is 1.37 bits per heavy atom. The summed E-state index contributed by atoms with van der Waals surface area (Å²) in [5, 5.41) is 9.74. The van der Waals surface area contributed by atoms with Gasteiger partial charge in [0.2, 0.25) is 15.9 Å². The number of hydrogen-bond acceptors (Lipinski definition) is 5. The fourth-order valence-corrected chi connectivity index (χ4v) is 4.09. The largest absolute Gasteiger partial charge is 0.325 e. The Balaban J connectivity index is 1.82. The quantitative estimate of drug-likeness (QED) is 0.656. The lowest BCUT2D eigenvalue weighted by Crippen LogP contribution is -2.35. The van der Waals surface area contributed by atoms with E-state index in [-0.39, 0.29) is 21.2 Å². The Morgan fingerprint density at radius 3 is 2.81 bits per heavy atom. The number of carbonyl (C=O) groups is 1. The average molecular weight is 410 g/mol. The van der Waals surface area contributed by atoms with Crippen molar-refractivity contribution >= 4 is 44.1 Å². The number of sulfonamides is 1. The highest BCUT2D eigenvalue weighted by molar-refractivity contribution is 7.89. The third kappa shape index (κ3) is 3.87. The van der Waals surface area contributed by atoms with Crippen molar-refractivity contribution in [2.24, 2.45) is 7.05 Å². The van der Waals surface area contributed by atoms with E-state index in [9.17, 15) is 18.0 Å². The molecule has 0 atom stereocenters. The van der Waals surface area contributed by atoms with E-state index in [0.717, 1.165) is 4.31 Å². The van der Waals surface area contributed by atoms with Crippen LogP contribution in [-0.4, -0.2) is 47.0 Å². The topological polar surface area (TPSA) is 117 Å². The van der Waals surface area contributed by atoms with Gasteiger partial charge in [-0.2, -0.15) is 9.40 Å². The lowest BCUT2D eigenvalue weighted by Gasteiger charge is -2.17. The minimum Gasteiger partial charge on any atom is -0.325 e. The van der Waals surface area contributed by atoms with Gasteiger partial charge in [-0.3, -0.25) is 14.7 Å². The van der Waals surface area contributed by atoms with Gasteiger partial charge in [-0.15, -0.1) is 0 Å². The molecule has 9 nitrogen and oxygen atoms in total. The van der Waals surface area contributed by atoms with E-state index in [2.05, 4.69) is 15.5 Å². The summed E-state index contributed by atoms with van der Waals surface area (Å²) in [6.45, 7) is -0.445. The fourth-order valence-electron chi connectivity index (χ4n) is 2.48. The van der Waals surface area contributed by atoms with Crippen LogP contribution in [0.25, 0.3) is 10.9 Å². The number of hydrogen-bond donors (Lipinski definition) is 2. The Kier molecular flexibility index (Phi) is 5.05. The van der Waals surface area contributed by atoms with Crippen molar-refractivity contribution in [3.05, 3.63) is 52.0 Å². The molecular formula is C16H16ClN5O4S. The summed E-state index contributed by atoms with van der Waals surface area (Å²) >= 11 is 6.00. The van der Waals surface area contributed by atoms with Crippen LogP contribution in [0, 0.1) is 0 Å². The molecule has 0 unspecified atom stereocenters. The number of benzene rings is 1. The molecule has 2 aromatic heterocycles. The van der Waals surface area contributed by atoms with Gasteiger partial charge in [-0.1, -0.05) is 11.6 Å². The third-order valence-electron chi connectivity index (χ3n) is 3.92. The number of amides is 1. The average Bonchev–Trinajstić information content (AvgIpc) is 3.05. The summed E-state index contributed by atoms with van der Waals surface area (Å²) in [5.74, 6) is -0.586. The number of aromatic amines is 1. The van der Waals surface area contributed by atoms with Crippen molar-refractivity contribution in [1.29, 1.82) is 0 Å². The van der Waals surface area contributed by atoms with Gasteiger partial charge in [0.15, 0.2) is 0 Å². The monoisotopic (exact) mass is 409 g/mol. The molecule has 27 heavy (non-hydrogen) atoms. The fraction of sp³-hybridized carbons (Fsp3) is 0.188. The number of pyridine rings is 1. The second kappa shape index (κ2) is 7.14. The Morgan fingerprint density at radius 2 is 2.11 bits per heavy atom. The second-order valence-electron chi connectivity index (χ2n) is 5.91. The van der Waals surface area contributed by atoms with Crippen molar-refractivity contribution in [1.82, 2.24) is 19.1 Å². The molecule has 0 fully saturated rings. The van der Waals surface area contributed by atoms with Gasteiger partial charge in [0.1, 0.15) is 4.90 Å². The summed E-state index contributed by atoms with van der Waals surface area (Å²) in [5.41, 5.74) is 0.292. The number of fused-ring (bicyclic) bond motifs is 1. The predicted molar refractivity (Wildman–Crippen MR) is 101 cm³/mol. The Labute approximate surface area is 159 Å². The van der Waals surface area contributed by atoms with Gasteiger partial charge in [0.05, 0.1) is 18.3 Å². The van der Waals surface area contributed by atoms with Crippen molar-refractivity contribution in [3.8, 4) is 0 Å². The van der Waals surface area contributed by atoms with E-state index in [1.54, 1.807) is 19.2 Å². The number of aromatic nitrogens is 3. The van der Waals surface area contributed by atoms with Crippen LogP contribution in [0.4, 0.5) is 5.69 Å². The summed E-state index contributed by atoms with van der Waals surface area (Å²) < 4.78 is 28.0. The van der Waals surface area contributed by atoms with Gasteiger partial charge >= 0.3 is 0 Å². The molecule has 0 saturated heterocycles. The number of nitrogens with zero attached hydrogens (tertiary/aromatic N) is 3. The number of halogens is 1. The number of H-pyrrole nitrogens is 1. The first kappa shape index (κ1) is 19.1. The minimum atomic E-state index is -4.01. The normalized spacial score (nSPS) is 11.9.